The summed E-state index contributed by atoms with van der Waals surface area (Å²) in [5.74, 6) is 6.09. The molecule has 3 nitrogen and oxygen atoms in total. The van der Waals surface area contributed by atoms with Crippen molar-refractivity contribution >= 4 is 52.0 Å². The number of hydrogen-bond acceptors (Lipinski definition) is 3. The van der Waals surface area contributed by atoms with Crippen molar-refractivity contribution in [2.75, 3.05) is 0 Å². The van der Waals surface area contributed by atoms with Gasteiger partial charge in [0.1, 0.15) is 23.0 Å². The lowest BCUT2D eigenvalue weighted by Crippen LogP contribution is -1.98. The van der Waals surface area contributed by atoms with E-state index < -0.39 is 0 Å². The van der Waals surface area contributed by atoms with E-state index in [9.17, 15) is 4.79 Å². The van der Waals surface area contributed by atoms with E-state index >= 15 is 0 Å². The summed E-state index contributed by atoms with van der Waals surface area (Å²) in [4.78, 5) is 11.2. The fourth-order valence-corrected chi connectivity index (χ4v) is 2.56. The van der Waals surface area contributed by atoms with Gasteiger partial charge in [-0.05, 0) is 41.8 Å². The second kappa shape index (κ2) is 9.90. The van der Waals surface area contributed by atoms with Crippen molar-refractivity contribution in [1.29, 1.82) is 0 Å². The Labute approximate surface area is 164 Å². The van der Waals surface area contributed by atoms with E-state index in [0.29, 0.717) is 19.4 Å². The van der Waals surface area contributed by atoms with Gasteiger partial charge in [-0.2, -0.15) is 0 Å². The second-order valence-corrected chi connectivity index (χ2v) is 5.91. The fraction of sp³-hybridized carbons (Fsp3) is 0.167. The molecule has 5 heteroatoms. The average Bonchev–Trinajstić information content (AvgIpc) is 2.59. The lowest BCUT2D eigenvalue weighted by atomic mass is 10.1. The monoisotopic (exact) mass is 532 g/mol. The van der Waals surface area contributed by atoms with E-state index in [1.807, 2.05) is 71.5 Å². The van der Waals surface area contributed by atoms with Crippen LogP contribution in [0.2, 0.25) is 0 Å². The third-order valence-electron chi connectivity index (χ3n) is 3.16. The summed E-state index contributed by atoms with van der Waals surface area (Å²) in [5, 5.41) is 0. The maximum absolute atomic E-state index is 11.2. The van der Waals surface area contributed by atoms with Gasteiger partial charge < -0.3 is 6.13 Å². The van der Waals surface area contributed by atoms with Crippen molar-refractivity contribution < 1.29 is 10.9 Å². The number of aryl methyl sites for hydroxylation is 1. The first-order valence-electron chi connectivity index (χ1n) is 6.96. The molecule has 0 saturated carbocycles. The highest BCUT2D eigenvalue weighted by molar-refractivity contribution is 14.1. The largest absolute Gasteiger partial charge is 0.394 e. The minimum Gasteiger partial charge on any atom is -0.394 e. The zero-order valence-corrected chi connectivity index (χ0v) is 16.5. The van der Waals surface area contributed by atoms with Crippen LogP contribution in [0.1, 0.15) is 28.7 Å². The molecule has 118 valence electrons. The molecule has 0 spiro atoms. The number of carbonyl (C=O) groups excluding carboxylic acids is 1. The molecule has 0 unspecified atom stereocenters. The molecule has 0 radical (unpaired) electrons. The Bertz CT molecular complexity index is 715. The molecule has 0 fully saturated rings. The van der Waals surface area contributed by atoms with Crippen molar-refractivity contribution in [1.82, 2.24) is 0 Å². The molecule has 0 amide bonds. The first-order valence-corrected chi connectivity index (χ1v) is 8.72. The standard InChI is InChI=1S/C18H14I2O3/c19-22-13-17-8-5-14(6-9-17)4-7-15-2-1-3-16(12-15)10-11-18(21)23-20/h1-3,5-6,8-9,12H,10-11,13H2. The van der Waals surface area contributed by atoms with Crippen LogP contribution in [0.25, 0.3) is 0 Å². The minimum atomic E-state index is -0.211. The lowest BCUT2D eigenvalue weighted by molar-refractivity contribution is -0.131. The van der Waals surface area contributed by atoms with Crippen LogP contribution < -0.4 is 0 Å². The predicted molar refractivity (Wildman–Crippen MR) is 106 cm³/mol. The summed E-state index contributed by atoms with van der Waals surface area (Å²) >= 11 is 3.49. The van der Waals surface area contributed by atoms with Crippen molar-refractivity contribution in [2.24, 2.45) is 0 Å². The molecule has 2 aromatic carbocycles. The van der Waals surface area contributed by atoms with Gasteiger partial charge >= 0.3 is 5.97 Å². The van der Waals surface area contributed by atoms with Gasteiger partial charge in [0.15, 0.2) is 23.0 Å². The predicted octanol–water partition coefficient (Wildman–Crippen LogP) is 4.78. The van der Waals surface area contributed by atoms with E-state index in [4.69, 9.17) is 3.07 Å². The van der Waals surface area contributed by atoms with Crippen LogP contribution in [0.5, 0.6) is 0 Å². The summed E-state index contributed by atoms with van der Waals surface area (Å²) in [6, 6.07) is 15.9. The molecule has 23 heavy (non-hydrogen) atoms. The molecule has 2 rings (SSSR count). The number of hydrogen-bond donors (Lipinski definition) is 0. The average molecular weight is 532 g/mol. The first kappa shape index (κ1) is 18.2. The molecule has 0 aliphatic heterocycles. The van der Waals surface area contributed by atoms with E-state index in [1.54, 1.807) is 23.0 Å². The fourth-order valence-electron chi connectivity index (χ4n) is 1.98. The van der Waals surface area contributed by atoms with Crippen LogP contribution >= 0.6 is 46.0 Å². The molecular formula is C18H14I2O3. The maximum Gasteiger partial charge on any atom is 0.315 e. The van der Waals surface area contributed by atoms with Crippen LogP contribution in [-0.2, 0) is 24.0 Å². The molecule has 0 bridgehead atoms. The lowest BCUT2D eigenvalue weighted by Gasteiger charge is -2.00. The molecule has 0 aromatic heterocycles. The topological polar surface area (TPSA) is 35.5 Å². The Balaban J connectivity index is 2.04. The van der Waals surface area contributed by atoms with Gasteiger partial charge in [-0.1, -0.05) is 36.1 Å². The van der Waals surface area contributed by atoms with Gasteiger partial charge in [-0.15, -0.1) is 0 Å². The summed E-state index contributed by atoms with van der Waals surface area (Å²) in [6.45, 7) is 0.593. The van der Waals surface area contributed by atoms with Crippen LogP contribution in [0.3, 0.4) is 0 Å². The van der Waals surface area contributed by atoms with Gasteiger partial charge in [-0.25, -0.2) is 0 Å². The number of rotatable bonds is 5. The van der Waals surface area contributed by atoms with Crippen LogP contribution in [0.15, 0.2) is 48.5 Å². The zero-order chi connectivity index (χ0) is 16.5. The van der Waals surface area contributed by atoms with E-state index in [0.717, 1.165) is 22.3 Å². The Morgan fingerprint density at radius 2 is 1.70 bits per heavy atom. The third kappa shape index (κ3) is 6.49. The molecule has 0 saturated heterocycles. The van der Waals surface area contributed by atoms with Crippen molar-refractivity contribution in [3.8, 4) is 11.8 Å². The van der Waals surface area contributed by atoms with Gasteiger partial charge in [0.2, 0.25) is 0 Å². The molecule has 0 atom stereocenters. The zero-order valence-electron chi connectivity index (χ0n) is 12.2. The van der Waals surface area contributed by atoms with Gasteiger partial charge in [-0.3, -0.25) is 4.79 Å². The highest BCUT2D eigenvalue weighted by atomic mass is 127. The van der Waals surface area contributed by atoms with Crippen molar-refractivity contribution in [3.05, 3.63) is 70.8 Å². The Hall–Kier alpha value is -1.11. The molecule has 0 heterocycles. The number of halogens is 2. The van der Waals surface area contributed by atoms with E-state index in [1.165, 1.54) is 0 Å². The summed E-state index contributed by atoms with van der Waals surface area (Å²) in [7, 11) is 0. The van der Waals surface area contributed by atoms with Gasteiger partial charge in [0, 0.05) is 11.1 Å². The van der Waals surface area contributed by atoms with Gasteiger partial charge in [0.25, 0.3) is 0 Å². The highest BCUT2D eigenvalue weighted by Gasteiger charge is 2.02. The third-order valence-corrected chi connectivity index (χ3v) is 3.96. The van der Waals surface area contributed by atoms with E-state index in [-0.39, 0.29) is 5.97 Å². The number of carbonyl (C=O) groups is 1. The molecular weight excluding hydrogens is 518 g/mol. The highest BCUT2D eigenvalue weighted by Crippen LogP contribution is 2.09. The van der Waals surface area contributed by atoms with Crippen LogP contribution in [-0.4, -0.2) is 5.97 Å². The van der Waals surface area contributed by atoms with Crippen molar-refractivity contribution in [2.45, 2.75) is 19.4 Å². The van der Waals surface area contributed by atoms with Crippen LogP contribution in [0, 0.1) is 11.8 Å². The normalized spacial score (nSPS) is 9.83. The Morgan fingerprint density at radius 1 is 0.957 bits per heavy atom. The second-order valence-electron chi connectivity index (χ2n) is 4.85. The molecule has 0 aliphatic rings. The quantitative estimate of drug-likeness (QED) is 0.411. The summed E-state index contributed by atoms with van der Waals surface area (Å²) in [5.41, 5.74) is 4.09. The Kier molecular flexibility index (Phi) is 7.85. The maximum atomic E-state index is 11.2. The molecule has 2 aromatic rings. The summed E-state index contributed by atoms with van der Waals surface area (Å²) in [6.07, 6.45) is 1.03. The Morgan fingerprint density at radius 3 is 2.39 bits per heavy atom. The minimum absolute atomic E-state index is 0.211. The first-order chi connectivity index (χ1) is 11.2. The summed E-state index contributed by atoms with van der Waals surface area (Å²) < 4.78 is 9.69. The molecule has 0 aliphatic carbocycles. The number of benzene rings is 2. The molecule has 0 N–H and O–H groups in total. The van der Waals surface area contributed by atoms with Crippen LogP contribution in [0.4, 0.5) is 0 Å². The van der Waals surface area contributed by atoms with Gasteiger partial charge in [0.05, 0.1) is 13.0 Å². The van der Waals surface area contributed by atoms with E-state index in [2.05, 4.69) is 14.9 Å². The van der Waals surface area contributed by atoms with Crippen molar-refractivity contribution in [3.63, 3.8) is 0 Å². The smallest absolute Gasteiger partial charge is 0.315 e. The SMILES string of the molecule is O=C(CCc1cccc(C#Cc2ccc(COI)cc2)c1)OI.